The summed E-state index contributed by atoms with van der Waals surface area (Å²) in [5.74, 6) is 2.45. The van der Waals surface area contributed by atoms with Crippen molar-refractivity contribution in [1.29, 1.82) is 0 Å². The van der Waals surface area contributed by atoms with Gasteiger partial charge in [-0.1, -0.05) is 5.16 Å². The Kier molecular flexibility index (Phi) is 6.97. The minimum Gasteiger partial charge on any atom is -0.493 e. The van der Waals surface area contributed by atoms with Crippen molar-refractivity contribution < 1.29 is 9.26 Å². The van der Waals surface area contributed by atoms with E-state index >= 15 is 0 Å². The third-order valence-electron chi connectivity index (χ3n) is 7.12. The molecule has 2 fully saturated rings. The molecular formula is C26H37N5O2. The maximum atomic E-state index is 6.16. The van der Waals surface area contributed by atoms with Crippen LogP contribution >= 0.6 is 0 Å². The second-order valence-electron chi connectivity index (χ2n) is 10.1. The molecule has 33 heavy (non-hydrogen) atoms. The molecule has 0 atom stereocenters. The molecule has 1 aromatic carbocycles. The van der Waals surface area contributed by atoms with Crippen LogP contribution in [-0.2, 0) is 19.5 Å². The van der Waals surface area contributed by atoms with E-state index < -0.39 is 0 Å². The third-order valence-corrected chi connectivity index (χ3v) is 7.12. The fraction of sp³-hybridized carbons (Fsp3) is 0.615. The van der Waals surface area contributed by atoms with Gasteiger partial charge in [0.25, 0.3) is 0 Å². The van der Waals surface area contributed by atoms with Gasteiger partial charge in [-0.3, -0.25) is 4.68 Å². The van der Waals surface area contributed by atoms with Crippen LogP contribution < -0.4 is 4.74 Å². The Morgan fingerprint density at radius 3 is 2.67 bits per heavy atom. The topological polar surface area (TPSA) is 59.6 Å². The minimum atomic E-state index is 0.732. The highest BCUT2D eigenvalue weighted by molar-refractivity contribution is 5.84. The largest absolute Gasteiger partial charge is 0.493 e. The standard InChI is InChI=1S/C26H37N5O2/c1-29(2)18-23-25(32-19-21-4-5-21)9-7-22-24(28-33-26(22)23)8-6-20-10-14-30(15-11-20)16-17-31-13-3-12-27-31/h3,7,9,12-13,20-21H,4-6,8,10-11,14-19H2,1-2H3. The molecule has 1 aliphatic carbocycles. The van der Waals surface area contributed by atoms with E-state index in [1.165, 1.54) is 45.2 Å². The van der Waals surface area contributed by atoms with Gasteiger partial charge in [-0.2, -0.15) is 5.10 Å². The fourth-order valence-corrected chi connectivity index (χ4v) is 4.88. The number of hydrogen-bond acceptors (Lipinski definition) is 6. The van der Waals surface area contributed by atoms with Gasteiger partial charge in [-0.25, -0.2) is 0 Å². The molecule has 1 saturated carbocycles. The molecule has 0 unspecified atom stereocenters. The van der Waals surface area contributed by atoms with E-state index in [0.29, 0.717) is 0 Å². The monoisotopic (exact) mass is 451 g/mol. The van der Waals surface area contributed by atoms with Crippen molar-refractivity contribution in [3.8, 4) is 5.75 Å². The Morgan fingerprint density at radius 2 is 1.94 bits per heavy atom. The summed E-state index contributed by atoms with van der Waals surface area (Å²) < 4.78 is 14.1. The van der Waals surface area contributed by atoms with E-state index in [1.807, 2.05) is 23.1 Å². The summed E-state index contributed by atoms with van der Waals surface area (Å²) in [6.07, 6.45) is 11.2. The highest BCUT2D eigenvalue weighted by Crippen LogP contribution is 2.35. The van der Waals surface area contributed by atoms with Crippen molar-refractivity contribution in [3.05, 3.63) is 41.9 Å². The SMILES string of the molecule is CN(C)Cc1c(OCC2CC2)ccc2c(CCC3CCN(CCn4cccn4)CC3)noc12. The van der Waals surface area contributed by atoms with E-state index in [9.17, 15) is 0 Å². The number of ether oxygens (including phenoxy) is 1. The molecule has 0 amide bonds. The van der Waals surface area contributed by atoms with Gasteiger partial charge in [0.1, 0.15) is 5.75 Å². The number of aryl methyl sites for hydroxylation is 1. The van der Waals surface area contributed by atoms with E-state index in [-0.39, 0.29) is 0 Å². The second-order valence-corrected chi connectivity index (χ2v) is 10.1. The molecule has 3 heterocycles. The lowest BCUT2D eigenvalue weighted by molar-refractivity contribution is 0.172. The number of hydrogen-bond donors (Lipinski definition) is 0. The Morgan fingerprint density at radius 1 is 1.09 bits per heavy atom. The van der Waals surface area contributed by atoms with Gasteiger partial charge in [-0.15, -0.1) is 0 Å². The number of likely N-dealkylation sites (tertiary alicyclic amines) is 1. The van der Waals surface area contributed by atoms with Gasteiger partial charge in [0.15, 0.2) is 5.58 Å². The lowest BCUT2D eigenvalue weighted by Gasteiger charge is -2.31. The minimum absolute atomic E-state index is 0.732. The molecule has 2 aliphatic rings. The second kappa shape index (κ2) is 10.3. The van der Waals surface area contributed by atoms with Crippen molar-refractivity contribution in [3.63, 3.8) is 0 Å². The number of aromatic nitrogens is 3. The van der Waals surface area contributed by atoms with Crippen LogP contribution in [0.1, 0.15) is 43.4 Å². The summed E-state index contributed by atoms with van der Waals surface area (Å²) in [7, 11) is 4.17. The van der Waals surface area contributed by atoms with Crippen LogP contribution in [0.2, 0.25) is 0 Å². The van der Waals surface area contributed by atoms with Crippen LogP contribution in [-0.4, -0.2) is 65.1 Å². The summed E-state index contributed by atoms with van der Waals surface area (Å²) in [6.45, 7) is 6.03. The fourth-order valence-electron chi connectivity index (χ4n) is 4.88. The maximum Gasteiger partial charge on any atom is 0.175 e. The van der Waals surface area contributed by atoms with E-state index in [1.54, 1.807) is 0 Å². The van der Waals surface area contributed by atoms with Crippen LogP contribution in [0.15, 0.2) is 35.1 Å². The highest BCUT2D eigenvalue weighted by Gasteiger charge is 2.24. The number of fused-ring (bicyclic) bond motifs is 1. The Hall–Kier alpha value is -2.38. The molecule has 0 N–H and O–H groups in total. The molecule has 7 heteroatoms. The molecule has 2 aromatic heterocycles. The molecule has 1 saturated heterocycles. The predicted octanol–water partition coefficient (Wildman–Crippen LogP) is 4.22. The first-order chi connectivity index (χ1) is 16.2. The van der Waals surface area contributed by atoms with Gasteiger partial charge in [-0.05, 0) is 95.7 Å². The lowest BCUT2D eigenvalue weighted by atomic mass is 9.91. The first kappa shape index (κ1) is 22.4. The van der Waals surface area contributed by atoms with E-state index in [2.05, 4.69) is 46.3 Å². The summed E-state index contributed by atoms with van der Waals surface area (Å²) in [4.78, 5) is 4.74. The van der Waals surface area contributed by atoms with Crippen molar-refractivity contribution in [2.45, 2.75) is 51.6 Å². The molecule has 7 nitrogen and oxygen atoms in total. The van der Waals surface area contributed by atoms with Crippen molar-refractivity contribution in [2.24, 2.45) is 11.8 Å². The smallest absolute Gasteiger partial charge is 0.175 e. The molecular weight excluding hydrogens is 414 g/mol. The molecule has 0 bridgehead atoms. The highest BCUT2D eigenvalue weighted by atomic mass is 16.5. The molecule has 5 rings (SSSR count). The van der Waals surface area contributed by atoms with Crippen molar-refractivity contribution in [2.75, 3.05) is 40.3 Å². The Bertz CT molecular complexity index is 1020. The van der Waals surface area contributed by atoms with Crippen LogP contribution in [0.5, 0.6) is 5.75 Å². The number of rotatable bonds is 11. The van der Waals surface area contributed by atoms with Crippen molar-refractivity contribution in [1.82, 2.24) is 24.7 Å². The summed E-state index contributed by atoms with van der Waals surface area (Å²) in [5, 5.41) is 9.96. The molecule has 0 spiro atoms. The zero-order valence-corrected chi connectivity index (χ0v) is 20.1. The number of benzene rings is 1. The first-order valence-corrected chi connectivity index (χ1v) is 12.5. The van der Waals surface area contributed by atoms with E-state index in [0.717, 1.165) is 72.5 Å². The zero-order chi connectivity index (χ0) is 22.6. The Labute approximate surface area is 196 Å². The normalized spacial score (nSPS) is 17.9. The van der Waals surface area contributed by atoms with Crippen LogP contribution in [0.25, 0.3) is 11.0 Å². The average Bonchev–Trinajstić information content (AvgIpc) is 3.32. The van der Waals surface area contributed by atoms with E-state index in [4.69, 9.17) is 9.26 Å². The molecule has 1 aliphatic heterocycles. The van der Waals surface area contributed by atoms with Crippen LogP contribution in [0.4, 0.5) is 0 Å². The lowest BCUT2D eigenvalue weighted by Crippen LogP contribution is -2.36. The zero-order valence-electron chi connectivity index (χ0n) is 20.1. The van der Waals surface area contributed by atoms with Gasteiger partial charge in [0, 0.05) is 30.9 Å². The predicted molar refractivity (Wildman–Crippen MR) is 129 cm³/mol. The quantitative estimate of drug-likeness (QED) is 0.435. The van der Waals surface area contributed by atoms with Gasteiger partial charge < -0.3 is 19.1 Å². The van der Waals surface area contributed by atoms with Crippen LogP contribution in [0, 0.1) is 11.8 Å². The first-order valence-electron chi connectivity index (χ1n) is 12.5. The third kappa shape index (κ3) is 5.76. The molecule has 178 valence electrons. The van der Waals surface area contributed by atoms with Crippen LogP contribution in [0.3, 0.4) is 0 Å². The van der Waals surface area contributed by atoms with Gasteiger partial charge in [0.2, 0.25) is 0 Å². The van der Waals surface area contributed by atoms with Gasteiger partial charge >= 0.3 is 0 Å². The summed E-state index contributed by atoms with van der Waals surface area (Å²) >= 11 is 0. The Balaban J connectivity index is 1.17. The van der Waals surface area contributed by atoms with Crippen molar-refractivity contribution >= 4 is 11.0 Å². The number of piperidine rings is 1. The van der Waals surface area contributed by atoms with Gasteiger partial charge in [0.05, 0.1) is 24.4 Å². The summed E-state index contributed by atoms with van der Waals surface area (Å²) in [5.41, 5.74) is 3.13. The maximum absolute atomic E-state index is 6.16. The molecule has 0 radical (unpaired) electrons. The number of nitrogens with zero attached hydrogens (tertiary/aromatic N) is 5. The molecule has 3 aromatic rings. The average molecular weight is 452 g/mol. The summed E-state index contributed by atoms with van der Waals surface area (Å²) in [6, 6.07) is 6.27.